The number of likely N-dealkylation sites (tertiary alicyclic amines) is 1. The molecular formula is C24H26N4O2S. The SMILES string of the molecule is O=C(Nc1ccccc1)Nc1nc(CC(=O)N2CCC(Cc3ccccc3)CC2)cs1. The number of nitrogens with zero attached hydrogens (tertiary/aromatic N) is 2. The van der Waals surface area contributed by atoms with Crippen LogP contribution in [0.3, 0.4) is 0 Å². The second-order valence-corrected chi connectivity index (χ2v) is 8.64. The molecule has 1 saturated heterocycles. The van der Waals surface area contributed by atoms with Gasteiger partial charge >= 0.3 is 6.03 Å². The Morgan fingerprint density at radius 2 is 1.65 bits per heavy atom. The van der Waals surface area contributed by atoms with E-state index in [2.05, 4.69) is 39.9 Å². The van der Waals surface area contributed by atoms with Gasteiger partial charge < -0.3 is 10.2 Å². The van der Waals surface area contributed by atoms with Crippen LogP contribution in [-0.4, -0.2) is 34.9 Å². The van der Waals surface area contributed by atoms with Crippen LogP contribution in [0.25, 0.3) is 0 Å². The van der Waals surface area contributed by atoms with Gasteiger partial charge in [0.1, 0.15) is 0 Å². The molecule has 1 aromatic heterocycles. The average molecular weight is 435 g/mol. The summed E-state index contributed by atoms with van der Waals surface area (Å²) in [5.41, 5.74) is 2.77. The number of carbonyl (C=O) groups excluding carboxylic acids is 2. The fourth-order valence-corrected chi connectivity index (χ4v) is 4.53. The lowest BCUT2D eigenvalue weighted by Crippen LogP contribution is -2.39. The van der Waals surface area contributed by atoms with E-state index in [9.17, 15) is 9.59 Å². The number of hydrogen-bond donors (Lipinski definition) is 2. The minimum atomic E-state index is -0.348. The number of para-hydroxylation sites is 1. The number of aromatic nitrogens is 1. The van der Waals surface area contributed by atoms with Crippen LogP contribution < -0.4 is 10.6 Å². The summed E-state index contributed by atoms with van der Waals surface area (Å²) >= 11 is 1.32. The van der Waals surface area contributed by atoms with Crippen LogP contribution in [0.15, 0.2) is 66.0 Å². The maximum atomic E-state index is 12.7. The van der Waals surface area contributed by atoms with Gasteiger partial charge in [-0.25, -0.2) is 9.78 Å². The highest BCUT2D eigenvalue weighted by Gasteiger charge is 2.23. The third-order valence-electron chi connectivity index (χ3n) is 5.47. The molecule has 1 aliphatic rings. The number of rotatable bonds is 6. The zero-order valence-electron chi connectivity index (χ0n) is 17.3. The molecule has 1 aliphatic heterocycles. The number of amides is 3. The monoisotopic (exact) mass is 434 g/mol. The summed E-state index contributed by atoms with van der Waals surface area (Å²) in [4.78, 5) is 31.1. The minimum Gasteiger partial charge on any atom is -0.342 e. The average Bonchev–Trinajstić information content (AvgIpc) is 3.22. The Labute approximate surface area is 186 Å². The molecule has 1 fully saturated rings. The molecule has 2 N–H and O–H groups in total. The maximum Gasteiger partial charge on any atom is 0.325 e. The third kappa shape index (κ3) is 6.15. The van der Waals surface area contributed by atoms with Crippen molar-refractivity contribution >= 4 is 34.1 Å². The van der Waals surface area contributed by atoms with E-state index in [4.69, 9.17) is 0 Å². The molecule has 7 heteroatoms. The predicted molar refractivity (Wildman–Crippen MR) is 124 cm³/mol. The van der Waals surface area contributed by atoms with Gasteiger partial charge in [0, 0.05) is 24.2 Å². The molecule has 0 bridgehead atoms. The quantitative estimate of drug-likeness (QED) is 0.585. The largest absolute Gasteiger partial charge is 0.342 e. The summed E-state index contributed by atoms with van der Waals surface area (Å²) < 4.78 is 0. The summed E-state index contributed by atoms with van der Waals surface area (Å²) in [6, 6.07) is 19.4. The number of hydrogen-bond acceptors (Lipinski definition) is 4. The Balaban J connectivity index is 1.22. The zero-order chi connectivity index (χ0) is 21.5. The molecule has 4 rings (SSSR count). The number of nitrogens with one attached hydrogen (secondary N) is 2. The van der Waals surface area contributed by atoms with Gasteiger partial charge in [-0.3, -0.25) is 10.1 Å². The Hall–Kier alpha value is -3.19. The van der Waals surface area contributed by atoms with E-state index in [1.165, 1.54) is 16.9 Å². The van der Waals surface area contributed by atoms with Gasteiger partial charge in [-0.1, -0.05) is 48.5 Å². The molecule has 0 radical (unpaired) electrons. The number of benzene rings is 2. The Kier molecular flexibility index (Phi) is 6.94. The summed E-state index contributed by atoms with van der Waals surface area (Å²) in [6.45, 7) is 1.59. The second-order valence-electron chi connectivity index (χ2n) is 7.78. The predicted octanol–water partition coefficient (Wildman–Crippen LogP) is 4.81. The smallest absolute Gasteiger partial charge is 0.325 e. The van der Waals surface area contributed by atoms with Crippen LogP contribution in [0.5, 0.6) is 0 Å². The van der Waals surface area contributed by atoms with Crippen molar-refractivity contribution in [2.45, 2.75) is 25.7 Å². The molecule has 6 nitrogen and oxygen atoms in total. The third-order valence-corrected chi connectivity index (χ3v) is 6.28. The molecular weight excluding hydrogens is 408 g/mol. The van der Waals surface area contributed by atoms with Gasteiger partial charge in [-0.2, -0.15) is 0 Å². The van der Waals surface area contributed by atoms with Crippen molar-refractivity contribution in [3.05, 3.63) is 77.3 Å². The molecule has 0 saturated carbocycles. The fourth-order valence-electron chi connectivity index (χ4n) is 3.83. The molecule has 0 unspecified atom stereocenters. The van der Waals surface area contributed by atoms with Crippen molar-refractivity contribution in [2.24, 2.45) is 5.92 Å². The lowest BCUT2D eigenvalue weighted by Gasteiger charge is -2.32. The Morgan fingerprint density at radius 1 is 0.968 bits per heavy atom. The van der Waals surface area contributed by atoms with E-state index < -0.39 is 0 Å². The molecule has 160 valence electrons. The number of piperidine rings is 1. The first-order valence-corrected chi connectivity index (χ1v) is 11.4. The van der Waals surface area contributed by atoms with Crippen molar-refractivity contribution in [1.29, 1.82) is 0 Å². The van der Waals surface area contributed by atoms with Gasteiger partial charge in [0.2, 0.25) is 5.91 Å². The van der Waals surface area contributed by atoms with Crippen LogP contribution in [0.4, 0.5) is 15.6 Å². The van der Waals surface area contributed by atoms with E-state index in [-0.39, 0.29) is 18.4 Å². The summed E-state index contributed by atoms with van der Waals surface area (Å²) in [6.07, 6.45) is 3.41. The fraction of sp³-hybridized carbons (Fsp3) is 0.292. The number of urea groups is 1. The molecule has 3 amide bonds. The topological polar surface area (TPSA) is 74.3 Å². The van der Waals surface area contributed by atoms with E-state index >= 15 is 0 Å². The molecule has 2 aromatic carbocycles. The van der Waals surface area contributed by atoms with Crippen molar-refractivity contribution < 1.29 is 9.59 Å². The Bertz CT molecular complexity index is 999. The van der Waals surface area contributed by atoms with E-state index in [0.717, 1.165) is 32.4 Å². The van der Waals surface area contributed by atoms with Gasteiger partial charge in [-0.05, 0) is 42.9 Å². The molecule has 0 aliphatic carbocycles. The molecule has 2 heterocycles. The molecule has 31 heavy (non-hydrogen) atoms. The van der Waals surface area contributed by atoms with Crippen LogP contribution in [0, 0.1) is 5.92 Å². The second kappa shape index (κ2) is 10.2. The van der Waals surface area contributed by atoms with E-state index in [1.54, 1.807) is 0 Å². The van der Waals surface area contributed by atoms with Gasteiger partial charge in [-0.15, -0.1) is 11.3 Å². The van der Waals surface area contributed by atoms with Crippen molar-refractivity contribution in [3.63, 3.8) is 0 Å². The van der Waals surface area contributed by atoms with Crippen molar-refractivity contribution in [2.75, 3.05) is 23.7 Å². The van der Waals surface area contributed by atoms with E-state index in [1.807, 2.05) is 46.7 Å². The van der Waals surface area contributed by atoms with Crippen LogP contribution in [0.2, 0.25) is 0 Å². The highest BCUT2D eigenvalue weighted by molar-refractivity contribution is 7.14. The standard InChI is InChI=1S/C24H26N4O2S/c29-22(28-13-11-19(12-14-28)15-18-7-3-1-4-8-18)16-21-17-31-24(26-21)27-23(30)25-20-9-5-2-6-10-20/h1-10,17,19H,11-16H2,(H2,25,26,27,30). The first-order chi connectivity index (χ1) is 15.2. The number of thiazole rings is 1. The maximum absolute atomic E-state index is 12.7. The van der Waals surface area contributed by atoms with Crippen LogP contribution in [-0.2, 0) is 17.6 Å². The Morgan fingerprint density at radius 3 is 2.35 bits per heavy atom. The first-order valence-electron chi connectivity index (χ1n) is 10.5. The van der Waals surface area contributed by atoms with Crippen molar-refractivity contribution in [1.82, 2.24) is 9.88 Å². The molecule has 0 spiro atoms. The van der Waals surface area contributed by atoms with E-state index in [0.29, 0.717) is 22.4 Å². The van der Waals surface area contributed by atoms with Crippen molar-refractivity contribution in [3.8, 4) is 0 Å². The van der Waals surface area contributed by atoms with Gasteiger partial charge in [0.15, 0.2) is 5.13 Å². The summed E-state index contributed by atoms with van der Waals surface area (Å²) in [7, 11) is 0. The summed E-state index contributed by atoms with van der Waals surface area (Å²) in [5.74, 6) is 0.730. The lowest BCUT2D eigenvalue weighted by atomic mass is 9.90. The first kappa shape index (κ1) is 21.1. The molecule has 0 atom stereocenters. The van der Waals surface area contributed by atoms with Crippen LogP contribution >= 0.6 is 11.3 Å². The zero-order valence-corrected chi connectivity index (χ0v) is 18.1. The number of carbonyl (C=O) groups is 2. The number of anilines is 2. The highest BCUT2D eigenvalue weighted by atomic mass is 32.1. The minimum absolute atomic E-state index is 0.101. The normalized spacial score (nSPS) is 14.3. The lowest BCUT2D eigenvalue weighted by molar-refractivity contribution is -0.131. The van der Waals surface area contributed by atoms with Crippen LogP contribution in [0.1, 0.15) is 24.1 Å². The highest BCUT2D eigenvalue weighted by Crippen LogP contribution is 2.23. The van der Waals surface area contributed by atoms with Gasteiger partial charge in [0.05, 0.1) is 12.1 Å². The summed E-state index contributed by atoms with van der Waals surface area (Å²) in [5, 5.41) is 7.80. The van der Waals surface area contributed by atoms with Gasteiger partial charge in [0.25, 0.3) is 0 Å². The molecule has 3 aromatic rings.